The number of nitrogens with one attached hydrogen (secondary N) is 2. The van der Waals surface area contributed by atoms with E-state index in [1.165, 1.54) is 40.5 Å². The van der Waals surface area contributed by atoms with Crippen molar-refractivity contribution >= 4 is 69.1 Å². The zero-order valence-electron chi connectivity index (χ0n) is 22.7. The van der Waals surface area contributed by atoms with Crippen molar-refractivity contribution in [2.45, 2.75) is 13.3 Å². The molecule has 7 nitrogen and oxygen atoms in total. The van der Waals surface area contributed by atoms with Gasteiger partial charge in [0.15, 0.2) is 0 Å². The first-order chi connectivity index (χ1) is 21.1. The van der Waals surface area contributed by atoms with E-state index < -0.39 is 40.9 Å². The number of carbonyl (C=O) groups is 3. The molecule has 3 amide bonds. The van der Waals surface area contributed by atoms with Gasteiger partial charge in [-0.25, -0.2) is 18.2 Å². The lowest BCUT2D eigenvalue weighted by atomic mass is 10.1. The first-order valence-electron chi connectivity index (χ1n) is 13.1. The number of rotatable bonds is 5. The van der Waals surface area contributed by atoms with Crippen molar-refractivity contribution in [1.29, 1.82) is 0 Å². The van der Waals surface area contributed by atoms with E-state index >= 15 is 4.39 Å². The van der Waals surface area contributed by atoms with Gasteiger partial charge in [-0.15, -0.1) is 22.7 Å². The van der Waals surface area contributed by atoms with Gasteiger partial charge in [0.05, 0.1) is 31.4 Å². The molecule has 0 fully saturated rings. The number of aryl methyl sites for hydroxylation is 1. The van der Waals surface area contributed by atoms with Crippen LogP contribution in [0.3, 0.4) is 0 Å². The number of hydrogen-bond acceptors (Lipinski definition) is 6. The van der Waals surface area contributed by atoms with E-state index in [0.717, 1.165) is 40.0 Å². The van der Waals surface area contributed by atoms with E-state index in [9.17, 15) is 23.2 Å². The topological polar surface area (TPSA) is 91.4 Å². The highest BCUT2D eigenvalue weighted by atomic mass is 35.5. The van der Waals surface area contributed by atoms with Crippen LogP contribution in [0.2, 0.25) is 5.15 Å². The molecule has 5 aromatic rings. The van der Waals surface area contributed by atoms with Crippen molar-refractivity contribution in [3.63, 3.8) is 0 Å². The average molecular weight is 653 g/mol. The van der Waals surface area contributed by atoms with Gasteiger partial charge in [0.1, 0.15) is 28.3 Å². The maximum atomic E-state index is 15.3. The van der Waals surface area contributed by atoms with E-state index in [1.54, 1.807) is 30.5 Å². The maximum Gasteiger partial charge on any atom is 0.265 e. The third-order valence-electron chi connectivity index (χ3n) is 6.92. The second-order valence-electron chi connectivity index (χ2n) is 9.80. The van der Waals surface area contributed by atoms with Gasteiger partial charge in [-0.05, 0) is 78.9 Å². The zero-order chi connectivity index (χ0) is 31.1. The van der Waals surface area contributed by atoms with Crippen LogP contribution >= 0.6 is 34.3 Å². The molecule has 44 heavy (non-hydrogen) atoms. The molecule has 0 unspecified atom stereocenters. The van der Waals surface area contributed by atoms with E-state index in [-0.39, 0.29) is 33.4 Å². The predicted octanol–water partition coefficient (Wildman–Crippen LogP) is 7.96. The molecule has 6 rings (SSSR count). The Bertz CT molecular complexity index is 1960. The molecule has 13 heteroatoms. The Morgan fingerprint density at radius 2 is 1.64 bits per heavy atom. The summed E-state index contributed by atoms with van der Waals surface area (Å²) in [5.41, 5.74) is 1.50. The van der Waals surface area contributed by atoms with Crippen LogP contribution in [0.4, 0.5) is 30.2 Å². The second-order valence-corrected chi connectivity index (χ2v) is 12.1. The largest absolute Gasteiger partial charge is 0.322 e. The molecule has 0 aliphatic carbocycles. The monoisotopic (exact) mass is 652 g/mol. The van der Waals surface area contributed by atoms with Crippen molar-refractivity contribution in [1.82, 2.24) is 4.98 Å². The second kappa shape index (κ2) is 11.9. The Morgan fingerprint density at radius 3 is 2.36 bits per heavy atom. The first-order valence-corrected chi connectivity index (χ1v) is 15.2. The van der Waals surface area contributed by atoms with Crippen LogP contribution in [0.5, 0.6) is 0 Å². The summed E-state index contributed by atoms with van der Waals surface area (Å²) >= 11 is 8.57. The van der Waals surface area contributed by atoms with Crippen molar-refractivity contribution in [2.75, 3.05) is 22.1 Å². The van der Waals surface area contributed by atoms with Crippen molar-refractivity contribution in [3.8, 4) is 9.75 Å². The van der Waals surface area contributed by atoms with Crippen LogP contribution in [0.25, 0.3) is 9.75 Å². The molecular formula is C31H20ClF3N4O3S2. The average Bonchev–Trinajstić information content (AvgIpc) is 3.60. The van der Waals surface area contributed by atoms with Crippen molar-refractivity contribution < 1.29 is 27.6 Å². The number of aromatic nitrogens is 1. The fraction of sp³-hybridized carbons (Fsp3) is 0.0968. The van der Waals surface area contributed by atoms with Gasteiger partial charge in [-0.2, -0.15) is 0 Å². The van der Waals surface area contributed by atoms with Gasteiger partial charge in [0, 0.05) is 17.9 Å². The molecule has 0 bridgehead atoms. The van der Waals surface area contributed by atoms with Crippen LogP contribution in [0.1, 0.15) is 41.6 Å². The normalized spacial score (nSPS) is 12.2. The number of thiophene rings is 2. The number of pyridine rings is 1. The molecule has 0 saturated heterocycles. The lowest BCUT2D eigenvalue weighted by Crippen LogP contribution is -2.32. The number of nitrogens with zero attached hydrogens (tertiary/aromatic N) is 2. The molecule has 4 heterocycles. The fourth-order valence-corrected chi connectivity index (χ4v) is 7.24. The lowest BCUT2D eigenvalue weighted by Gasteiger charge is -2.21. The molecule has 0 radical (unpaired) electrons. The van der Waals surface area contributed by atoms with Gasteiger partial charge in [-0.1, -0.05) is 17.7 Å². The summed E-state index contributed by atoms with van der Waals surface area (Å²) in [4.78, 5) is 46.4. The number of hydrogen-bond donors (Lipinski definition) is 2. The van der Waals surface area contributed by atoms with E-state index in [2.05, 4.69) is 15.6 Å². The number of para-hydroxylation sites is 1. The van der Waals surface area contributed by atoms with Gasteiger partial charge in [-0.3, -0.25) is 14.4 Å². The quantitative estimate of drug-likeness (QED) is 0.189. The highest BCUT2D eigenvalue weighted by Crippen LogP contribution is 2.45. The minimum Gasteiger partial charge on any atom is -0.322 e. The van der Waals surface area contributed by atoms with Crippen molar-refractivity contribution in [3.05, 3.63) is 116 Å². The Morgan fingerprint density at radius 1 is 0.886 bits per heavy atom. The summed E-state index contributed by atoms with van der Waals surface area (Å²) in [5, 5.41) is 6.68. The predicted molar refractivity (Wildman–Crippen MR) is 166 cm³/mol. The van der Waals surface area contributed by atoms with Crippen LogP contribution in [-0.4, -0.2) is 29.3 Å². The molecule has 0 saturated carbocycles. The van der Waals surface area contributed by atoms with Gasteiger partial charge >= 0.3 is 0 Å². The summed E-state index contributed by atoms with van der Waals surface area (Å²) in [6.07, 6.45) is 0.349. The summed E-state index contributed by atoms with van der Waals surface area (Å²) in [7, 11) is 0. The van der Waals surface area contributed by atoms with Crippen LogP contribution in [0.15, 0.2) is 66.0 Å². The maximum absolute atomic E-state index is 15.3. The molecule has 1 aliphatic heterocycles. The summed E-state index contributed by atoms with van der Waals surface area (Å²) < 4.78 is 43.5. The first kappa shape index (κ1) is 29.5. The Labute approximate surface area is 261 Å². The van der Waals surface area contributed by atoms with Crippen LogP contribution in [0, 0.1) is 24.4 Å². The van der Waals surface area contributed by atoms with Crippen LogP contribution < -0.4 is 15.5 Å². The SMILES string of the molecule is Cc1ccc(C(=O)Nc2ccc(C(=O)N3CCc4cc(C(=O)Nc5c(F)cccc5F)sc4-c4sccc43)c(F)c2)c(Cl)n1. The van der Waals surface area contributed by atoms with E-state index in [1.807, 2.05) is 0 Å². The smallest absolute Gasteiger partial charge is 0.265 e. The molecule has 2 N–H and O–H groups in total. The summed E-state index contributed by atoms with van der Waals surface area (Å²) in [6.45, 7) is 1.92. The molecule has 3 aromatic heterocycles. The van der Waals surface area contributed by atoms with E-state index in [0.29, 0.717) is 22.7 Å². The highest BCUT2D eigenvalue weighted by molar-refractivity contribution is 7.23. The number of halogens is 4. The van der Waals surface area contributed by atoms with E-state index in [4.69, 9.17) is 11.6 Å². The molecule has 0 spiro atoms. The van der Waals surface area contributed by atoms with Crippen LogP contribution in [-0.2, 0) is 6.42 Å². The number of carbonyl (C=O) groups excluding carboxylic acids is 3. The Balaban J connectivity index is 1.22. The Kier molecular flexibility index (Phi) is 7.97. The van der Waals surface area contributed by atoms with Crippen molar-refractivity contribution in [2.24, 2.45) is 0 Å². The number of anilines is 3. The third kappa shape index (κ3) is 5.59. The molecular weight excluding hydrogens is 633 g/mol. The summed E-state index contributed by atoms with van der Waals surface area (Å²) in [6, 6.07) is 13.6. The molecule has 0 atom stereocenters. The minimum atomic E-state index is -0.887. The van der Waals surface area contributed by atoms with Gasteiger partial charge < -0.3 is 15.5 Å². The molecule has 2 aromatic carbocycles. The number of fused-ring (bicyclic) bond motifs is 3. The van der Waals surface area contributed by atoms with Gasteiger partial charge in [0.2, 0.25) is 0 Å². The number of benzene rings is 2. The lowest BCUT2D eigenvalue weighted by molar-refractivity contribution is 0.0981. The molecule has 222 valence electrons. The zero-order valence-corrected chi connectivity index (χ0v) is 25.1. The minimum absolute atomic E-state index is 0.0164. The van der Waals surface area contributed by atoms with Gasteiger partial charge in [0.25, 0.3) is 17.7 Å². The standard InChI is InChI=1S/C31H20ClF3N4O3S2/c1-15-5-7-19(28(32)36-15)29(40)37-17-6-8-18(22(35)14-17)31(42)39-11-9-16-13-24(44-26(16)27-23(39)10-12-43-27)30(41)38-25-20(33)3-2-4-21(25)34/h2-8,10,12-14H,9,11H2,1H3,(H,37,40)(H,38,41). The third-order valence-corrected chi connectivity index (χ3v) is 9.45. The highest BCUT2D eigenvalue weighted by Gasteiger charge is 2.30. The molecule has 1 aliphatic rings. The summed E-state index contributed by atoms with van der Waals surface area (Å²) in [5.74, 6) is -4.41. The fourth-order valence-electron chi connectivity index (χ4n) is 4.76. The number of amides is 3. The Hall–Kier alpha value is -4.52.